The summed E-state index contributed by atoms with van der Waals surface area (Å²) in [5.41, 5.74) is 2.19. The van der Waals surface area contributed by atoms with Crippen molar-refractivity contribution >= 4 is 22.6 Å². The van der Waals surface area contributed by atoms with E-state index in [-0.39, 0.29) is 11.4 Å². The van der Waals surface area contributed by atoms with Gasteiger partial charge in [-0.05, 0) is 24.6 Å². The van der Waals surface area contributed by atoms with Crippen LogP contribution in [-0.2, 0) is 4.74 Å². The maximum Gasteiger partial charge on any atom is 0.341 e. The Morgan fingerprint density at radius 3 is 2.78 bits per heavy atom. The molecule has 2 aromatic rings. The second kappa shape index (κ2) is 4.60. The van der Waals surface area contributed by atoms with Crippen molar-refractivity contribution in [3.8, 4) is 0 Å². The number of benzene rings is 1. The molecule has 0 unspecified atom stereocenters. The number of carbonyl (C=O) groups is 1. The summed E-state index contributed by atoms with van der Waals surface area (Å²) in [6, 6.07) is 2.76. The number of methoxy groups -OCH3 is 1. The zero-order valence-electron chi connectivity index (χ0n) is 10.4. The Bertz CT molecular complexity index is 626. The smallest absolute Gasteiger partial charge is 0.341 e. The molecule has 1 aromatic carbocycles. The Hall–Kier alpha value is -2.17. The molecule has 0 saturated heterocycles. The molecule has 0 atom stereocenters. The van der Waals surface area contributed by atoms with Gasteiger partial charge < -0.3 is 10.1 Å². The van der Waals surface area contributed by atoms with Crippen molar-refractivity contribution in [2.45, 2.75) is 6.92 Å². The van der Waals surface area contributed by atoms with Gasteiger partial charge in [0.2, 0.25) is 0 Å². The maximum absolute atomic E-state index is 13.5. The van der Waals surface area contributed by atoms with Gasteiger partial charge in [-0.25, -0.2) is 9.18 Å². The molecule has 18 heavy (non-hydrogen) atoms. The van der Waals surface area contributed by atoms with Crippen LogP contribution >= 0.6 is 0 Å². The van der Waals surface area contributed by atoms with E-state index in [1.165, 1.54) is 25.4 Å². The lowest BCUT2D eigenvalue weighted by Gasteiger charge is -2.11. The van der Waals surface area contributed by atoms with E-state index >= 15 is 0 Å². The molecule has 5 heteroatoms. The van der Waals surface area contributed by atoms with Gasteiger partial charge in [0, 0.05) is 18.6 Å². The van der Waals surface area contributed by atoms with Crippen molar-refractivity contribution in [2.75, 3.05) is 19.5 Å². The Morgan fingerprint density at radius 2 is 2.17 bits per heavy atom. The Kier molecular flexibility index (Phi) is 3.14. The van der Waals surface area contributed by atoms with E-state index < -0.39 is 5.97 Å². The molecule has 0 aliphatic rings. The minimum atomic E-state index is -0.504. The van der Waals surface area contributed by atoms with E-state index in [0.717, 1.165) is 5.56 Å². The molecule has 0 saturated carbocycles. The van der Waals surface area contributed by atoms with Gasteiger partial charge in [-0.15, -0.1) is 0 Å². The number of ether oxygens (including phenoxy) is 1. The molecule has 0 aliphatic carbocycles. The molecule has 1 aromatic heterocycles. The first-order valence-electron chi connectivity index (χ1n) is 5.43. The van der Waals surface area contributed by atoms with Crippen LogP contribution in [0.2, 0.25) is 0 Å². The van der Waals surface area contributed by atoms with Crippen LogP contribution in [0.3, 0.4) is 0 Å². The summed E-state index contributed by atoms with van der Waals surface area (Å²) < 4.78 is 18.1. The fourth-order valence-electron chi connectivity index (χ4n) is 1.97. The topological polar surface area (TPSA) is 51.2 Å². The molecule has 0 amide bonds. The van der Waals surface area contributed by atoms with Crippen LogP contribution in [-0.4, -0.2) is 25.1 Å². The third kappa shape index (κ3) is 1.88. The highest BCUT2D eigenvalue weighted by atomic mass is 19.1. The summed E-state index contributed by atoms with van der Waals surface area (Å²) in [7, 11) is 2.96. The van der Waals surface area contributed by atoms with Gasteiger partial charge in [0.15, 0.2) is 0 Å². The van der Waals surface area contributed by atoms with E-state index in [1.54, 1.807) is 14.0 Å². The van der Waals surface area contributed by atoms with Gasteiger partial charge in [0.1, 0.15) is 11.4 Å². The van der Waals surface area contributed by atoms with Gasteiger partial charge >= 0.3 is 5.97 Å². The van der Waals surface area contributed by atoms with Crippen LogP contribution in [0.15, 0.2) is 18.3 Å². The lowest BCUT2D eigenvalue weighted by atomic mass is 10.1. The predicted molar refractivity (Wildman–Crippen MR) is 67.3 cm³/mol. The average molecular weight is 248 g/mol. The molecule has 4 nitrogen and oxygen atoms in total. The van der Waals surface area contributed by atoms with Gasteiger partial charge in [-0.1, -0.05) is 0 Å². The van der Waals surface area contributed by atoms with Crippen molar-refractivity contribution in [1.82, 2.24) is 4.98 Å². The summed E-state index contributed by atoms with van der Waals surface area (Å²) in [4.78, 5) is 15.8. The minimum Gasteiger partial charge on any atom is -0.465 e. The second-order valence-electron chi connectivity index (χ2n) is 3.91. The van der Waals surface area contributed by atoms with Gasteiger partial charge in [-0.3, -0.25) is 4.98 Å². The lowest BCUT2D eigenvalue weighted by molar-refractivity contribution is 0.0601. The summed E-state index contributed by atoms with van der Waals surface area (Å²) in [5, 5.41) is 3.47. The number of hydrogen-bond donors (Lipinski definition) is 1. The number of anilines is 1. The molecule has 1 N–H and O–H groups in total. The number of rotatable bonds is 2. The number of aromatic nitrogens is 1. The highest BCUT2D eigenvalue weighted by molar-refractivity contribution is 6.05. The van der Waals surface area contributed by atoms with Crippen molar-refractivity contribution in [2.24, 2.45) is 0 Å². The van der Waals surface area contributed by atoms with Crippen molar-refractivity contribution in [3.05, 3.63) is 35.3 Å². The first kappa shape index (κ1) is 12.3. The first-order valence-corrected chi connectivity index (χ1v) is 5.43. The molecule has 0 spiro atoms. The third-order valence-electron chi connectivity index (χ3n) is 2.78. The van der Waals surface area contributed by atoms with E-state index in [0.29, 0.717) is 16.6 Å². The van der Waals surface area contributed by atoms with Crippen LogP contribution in [0.25, 0.3) is 10.9 Å². The zero-order valence-corrected chi connectivity index (χ0v) is 10.4. The van der Waals surface area contributed by atoms with Crippen molar-refractivity contribution < 1.29 is 13.9 Å². The number of hydrogen-bond acceptors (Lipinski definition) is 4. The largest absolute Gasteiger partial charge is 0.465 e. The number of nitrogens with one attached hydrogen (secondary N) is 1. The highest BCUT2D eigenvalue weighted by Gasteiger charge is 2.16. The zero-order chi connectivity index (χ0) is 13.3. The molecule has 0 fully saturated rings. The normalized spacial score (nSPS) is 10.4. The molecule has 2 rings (SSSR count). The number of halogens is 1. The van der Waals surface area contributed by atoms with Crippen molar-refractivity contribution in [3.63, 3.8) is 0 Å². The summed E-state index contributed by atoms with van der Waals surface area (Å²) in [5.74, 6) is -0.865. The maximum atomic E-state index is 13.5. The quantitative estimate of drug-likeness (QED) is 0.830. The van der Waals surface area contributed by atoms with E-state index in [4.69, 9.17) is 0 Å². The van der Waals surface area contributed by atoms with Crippen molar-refractivity contribution in [1.29, 1.82) is 0 Å². The number of aryl methyl sites for hydroxylation is 1. The van der Waals surface area contributed by atoms with Crippen LogP contribution < -0.4 is 5.32 Å². The Labute approximate surface area is 104 Å². The molecule has 0 bridgehead atoms. The fourth-order valence-corrected chi connectivity index (χ4v) is 1.97. The SMILES string of the molecule is CNc1c(C(=O)OC)cnc2c(C)cc(F)cc12. The summed E-state index contributed by atoms with van der Waals surface area (Å²) >= 11 is 0. The number of esters is 1. The standard InChI is InChI=1S/C13H13FN2O2/c1-7-4-8(14)5-9-11(7)16-6-10(12(9)15-2)13(17)18-3/h4-6H,1-3H3,(H,15,16). The molecule has 0 aliphatic heterocycles. The average Bonchev–Trinajstić information content (AvgIpc) is 2.36. The predicted octanol–water partition coefficient (Wildman–Crippen LogP) is 2.51. The number of nitrogens with zero attached hydrogens (tertiary/aromatic N) is 1. The summed E-state index contributed by atoms with van der Waals surface area (Å²) in [6.07, 6.45) is 1.44. The van der Waals surface area contributed by atoms with Crippen LogP contribution in [0.4, 0.5) is 10.1 Å². The fraction of sp³-hybridized carbons (Fsp3) is 0.231. The van der Waals surface area contributed by atoms with Crippen LogP contribution in [0.5, 0.6) is 0 Å². The van der Waals surface area contributed by atoms with Gasteiger partial charge in [-0.2, -0.15) is 0 Å². The molecular weight excluding hydrogens is 235 g/mol. The highest BCUT2D eigenvalue weighted by Crippen LogP contribution is 2.28. The van der Waals surface area contributed by atoms with Gasteiger partial charge in [0.25, 0.3) is 0 Å². The number of carbonyl (C=O) groups excluding carboxylic acids is 1. The van der Waals surface area contributed by atoms with E-state index in [1.807, 2.05) is 0 Å². The Balaban J connectivity index is 2.82. The Morgan fingerprint density at radius 1 is 1.44 bits per heavy atom. The lowest BCUT2D eigenvalue weighted by Crippen LogP contribution is -2.07. The minimum absolute atomic E-state index is 0.289. The molecule has 1 heterocycles. The molecule has 94 valence electrons. The monoisotopic (exact) mass is 248 g/mol. The van der Waals surface area contributed by atoms with E-state index in [9.17, 15) is 9.18 Å². The van der Waals surface area contributed by atoms with Crippen LogP contribution in [0, 0.1) is 12.7 Å². The molecule has 0 radical (unpaired) electrons. The third-order valence-corrected chi connectivity index (χ3v) is 2.78. The van der Waals surface area contributed by atoms with E-state index in [2.05, 4.69) is 15.0 Å². The second-order valence-corrected chi connectivity index (χ2v) is 3.91. The number of pyridine rings is 1. The van der Waals surface area contributed by atoms with Crippen LogP contribution in [0.1, 0.15) is 15.9 Å². The first-order chi connectivity index (χ1) is 8.58. The van der Waals surface area contributed by atoms with Gasteiger partial charge in [0.05, 0.1) is 18.3 Å². The summed E-state index contributed by atoms with van der Waals surface area (Å²) in [6.45, 7) is 1.77. The number of fused-ring (bicyclic) bond motifs is 1. The molecular formula is C13H13FN2O2.